The molecule has 0 radical (unpaired) electrons. The van der Waals surface area contributed by atoms with Crippen LogP contribution in [0.15, 0.2) is 41.8 Å². The van der Waals surface area contributed by atoms with Crippen LogP contribution >= 0.6 is 0 Å². The number of imidazole rings is 1. The molecule has 222 valence electrons. The van der Waals surface area contributed by atoms with E-state index in [1.165, 1.54) is 18.6 Å². The van der Waals surface area contributed by atoms with Crippen molar-refractivity contribution >= 4 is 39.9 Å². The fourth-order valence-electron chi connectivity index (χ4n) is 5.29. The molecule has 43 heavy (non-hydrogen) atoms. The first-order chi connectivity index (χ1) is 20.4. The zero-order valence-corrected chi connectivity index (χ0v) is 22.4. The largest absolute Gasteiger partial charge is 0.504 e. The fraction of sp³-hybridized carbons (Fsp3) is 0.259. The van der Waals surface area contributed by atoms with E-state index in [4.69, 9.17) is 4.74 Å². The van der Waals surface area contributed by atoms with Gasteiger partial charge in [-0.1, -0.05) is 0 Å². The van der Waals surface area contributed by atoms with Crippen LogP contribution in [0, 0.1) is 20.2 Å². The van der Waals surface area contributed by atoms with Crippen molar-refractivity contribution in [2.45, 2.75) is 44.6 Å². The molecule has 1 aliphatic rings. The van der Waals surface area contributed by atoms with E-state index in [-0.39, 0.29) is 11.9 Å². The van der Waals surface area contributed by atoms with Gasteiger partial charge < -0.3 is 30.0 Å². The zero-order chi connectivity index (χ0) is 31.0. The van der Waals surface area contributed by atoms with Crippen molar-refractivity contribution in [2.24, 2.45) is 4.99 Å². The lowest BCUT2D eigenvalue weighted by Crippen LogP contribution is -2.29. The second-order valence-electron chi connectivity index (χ2n) is 10.00. The molecule has 0 bridgehead atoms. The number of H-pyrrole nitrogens is 2. The van der Waals surface area contributed by atoms with Gasteiger partial charge in [-0.25, -0.2) is 14.6 Å². The maximum atomic E-state index is 13.4. The maximum absolute atomic E-state index is 13.4. The number of carboxylic acid groups (broad SMARTS) is 1. The molecule has 1 aliphatic carbocycles. The smallest absolute Gasteiger partial charge is 0.336 e. The number of aryl methyl sites for hydroxylation is 1. The lowest BCUT2D eigenvalue weighted by Gasteiger charge is -2.24. The number of carbonyl (C=O) groups excluding carboxylic acids is 1. The van der Waals surface area contributed by atoms with Gasteiger partial charge in [0.05, 0.1) is 27.8 Å². The van der Waals surface area contributed by atoms with Gasteiger partial charge >= 0.3 is 11.9 Å². The highest BCUT2D eigenvalue weighted by Crippen LogP contribution is 2.42. The highest BCUT2D eigenvalue weighted by molar-refractivity contribution is 5.98. The Bertz CT molecular complexity index is 1810. The summed E-state index contributed by atoms with van der Waals surface area (Å²) in [4.78, 5) is 61.1. The van der Waals surface area contributed by atoms with Crippen LogP contribution in [-0.2, 0) is 17.6 Å². The number of carbonyl (C=O) groups is 2. The van der Waals surface area contributed by atoms with Crippen LogP contribution in [0.5, 0.6) is 17.2 Å². The van der Waals surface area contributed by atoms with Crippen LogP contribution in [0.25, 0.3) is 10.9 Å². The molecule has 2 aromatic heterocycles. The van der Waals surface area contributed by atoms with Crippen molar-refractivity contribution in [1.29, 1.82) is 0 Å². The first-order valence-electron chi connectivity index (χ1n) is 12.9. The molecule has 4 aromatic rings. The second-order valence-corrected chi connectivity index (χ2v) is 10.00. The number of carboxylic acids is 1. The van der Waals surface area contributed by atoms with Gasteiger partial charge in [0.25, 0.3) is 11.4 Å². The number of hydrogen-bond donors (Lipinski definition) is 5. The average Bonchev–Trinajstić information content (AvgIpc) is 3.61. The molecule has 0 fully saturated rings. The van der Waals surface area contributed by atoms with E-state index >= 15 is 0 Å². The van der Waals surface area contributed by atoms with Gasteiger partial charge in [-0.05, 0) is 43.9 Å². The van der Waals surface area contributed by atoms with E-state index in [1.807, 2.05) is 0 Å². The highest BCUT2D eigenvalue weighted by atomic mass is 16.6. The molecular formula is C27H24N6O10. The lowest BCUT2D eigenvalue weighted by molar-refractivity contribution is -0.393. The Hall–Kier alpha value is -5.80. The number of nitro benzene ring substituents is 2. The summed E-state index contributed by atoms with van der Waals surface area (Å²) in [5.41, 5.74) is 1.15. The summed E-state index contributed by atoms with van der Waals surface area (Å²) in [6.07, 6.45) is 4.57. The summed E-state index contributed by atoms with van der Waals surface area (Å²) in [6.45, 7) is 1.67. The number of aromatic amines is 2. The summed E-state index contributed by atoms with van der Waals surface area (Å²) < 4.78 is 5.31. The van der Waals surface area contributed by atoms with E-state index < -0.39 is 67.9 Å². The molecule has 0 saturated heterocycles. The Labute approximate surface area is 241 Å². The van der Waals surface area contributed by atoms with Crippen molar-refractivity contribution in [3.05, 3.63) is 79.5 Å². The van der Waals surface area contributed by atoms with E-state index in [1.54, 1.807) is 6.92 Å². The van der Waals surface area contributed by atoms with Gasteiger partial charge in [-0.2, -0.15) is 0 Å². The van der Waals surface area contributed by atoms with Crippen molar-refractivity contribution in [1.82, 2.24) is 15.0 Å². The summed E-state index contributed by atoms with van der Waals surface area (Å²) in [6, 6.07) is 2.68. The van der Waals surface area contributed by atoms with Gasteiger partial charge in [0.15, 0.2) is 17.5 Å². The van der Waals surface area contributed by atoms with Crippen molar-refractivity contribution < 1.29 is 39.5 Å². The van der Waals surface area contributed by atoms with Crippen LogP contribution in [-0.4, -0.2) is 63.8 Å². The summed E-state index contributed by atoms with van der Waals surface area (Å²) in [5, 5.41) is 53.0. The topological polar surface area (TPSA) is 247 Å². The molecule has 16 nitrogen and oxygen atoms in total. The number of non-ortho nitro benzene ring substituents is 2. The lowest BCUT2D eigenvalue weighted by atomic mass is 9.84. The molecule has 5 rings (SSSR count). The maximum Gasteiger partial charge on any atom is 0.336 e. The third-order valence-corrected chi connectivity index (χ3v) is 7.30. The minimum Gasteiger partial charge on any atom is -0.504 e. The Morgan fingerprint density at radius 3 is 2.60 bits per heavy atom. The van der Waals surface area contributed by atoms with Gasteiger partial charge in [0.1, 0.15) is 5.52 Å². The van der Waals surface area contributed by atoms with Crippen LogP contribution in [0.1, 0.15) is 53.0 Å². The number of fused-ring (bicyclic) bond motifs is 3. The van der Waals surface area contributed by atoms with Crippen molar-refractivity contribution in [3.8, 4) is 17.2 Å². The number of nitrogens with zero attached hydrogens (tertiary/aromatic N) is 4. The minimum atomic E-state index is -1.42. The monoisotopic (exact) mass is 592 g/mol. The van der Waals surface area contributed by atoms with Crippen LogP contribution in [0.2, 0.25) is 0 Å². The molecule has 0 amide bonds. The van der Waals surface area contributed by atoms with Gasteiger partial charge in [-0.3, -0.25) is 25.2 Å². The molecule has 2 atom stereocenters. The fourth-order valence-corrected chi connectivity index (χ4v) is 5.29. The third kappa shape index (κ3) is 5.57. The number of nitrogens with one attached hydrogen (secondary N) is 2. The minimum absolute atomic E-state index is 0.0223. The molecule has 2 unspecified atom stereocenters. The zero-order valence-electron chi connectivity index (χ0n) is 22.4. The van der Waals surface area contributed by atoms with Gasteiger partial charge in [0, 0.05) is 47.1 Å². The Morgan fingerprint density at radius 1 is 1.19 bits per heavy atom. The van der Waals surface area contributed by atoms with E-state index in [0.29, 0.717) is 47.3 Å². The Balaban J connectivity index is 1.54. The van der Waals surface area contributed by atoms with E-state index in [9.17, 15) is 45.1 Å². The molecule has 2 heterocycles. The SMILES string of the molecule is CC(=NC(Cc1cnc[nH]1)C(=O)Oc1cc(C(=O)O)cc(O)c1O)C1CCCc2c1[nH]c1c([N+](=O)[O-])cc([N+](=O)[O-])cc21. The Kier molecular flexibility index (Phi) is 7.50. The number of aromatic carboxylic acids is 1. The second kappa shape index (κ2) is 11.2. The number of aromatic hydroxyl groups is 2. The number of aromatic nitrogens is 3. The van der Waals surface area contributed by atoms with Crippen LogP contribution in [0.3, 0.4) is 0 Å². The molecular weight excluding hydrogens is 568 g/mol. The molecule has 2 aromatic carbocycles. The molecule has 5 N–H and O–H groups in total. The number of phenols is 2. The quantitative estimate of drug-likeness (QED) is 0.0465. The van der Waals surface area contributed by atoms with Crippen LogP contribution < -0.4 is 4.74 Å². The number of ether oxygens (including phenoxy) is 1. The standard InChI is InChI=1S/C27H24N6O10/c1-12(16-3-2-4-17-18-8-15(32(39)40)9-20(33(41)42)24(18)31-23(16)17)30-19(7-14-10-28-11-29-14)27(38)43-22-6-13(26(36)37)5-21(34)25(22)35/h5-6,8-11,16,19,31,34-35H,2-4,7H2,1H3,(H,28,29)(H,36,37). The molecule has 16 heteroatoms. The number of aliphatic imine (C=N–C) groups is 1. The normalized spacial score (nSPS) is 15.6. The number of esters is 1. The summed E-state index contributed by atoms with van der Waals surface area (Å²) in [5.74, 6) is -5.02. The first kappa shape index (κ1) is 28.7. The predicted molar refractivity (Wildman–Crippen MR) is 149 cm³/mol. The van der Waals surface area contributed by atoms with Crippen molar-refractivity contribution in [3.63, 3.8) is 0 Å². The highest BCUT2D eigenvalue weighted by Gasteiger charge is 2.32. The first-order valence-corrected chi connectivity index (χ1v) is 12.9. The molecule has 0 saturated carbocycles. The Morgan fingerprint density at radius 2 is 1.95 bits per heavy atom. The summed E-state index contributed by atoms with van der Waals surface area (Å²) >= 11 is 0. The van der Waals surface area contributed by atoms with Gasteiger partial charge in [-0.15, -0.1) is 0 Å². The number of phenolic OH excluding ortho intramolecular Hbond substituents is 2. The summed E-state index contributed by atoms with van der Waals surface area (Å²) in [7, 11) is 0. The predicted octanol–water partition coefficient (Wildman–Crippen LogP) is 3.91. The number of benzene rings is 2. The average molecular weight is 593 g/mol. The van der Waals surface area contributed by atoms with Crippen LogP contribution in [0.4, 0.5) is 11.4 Å². The van der Waals surface area contributed by atoms with Crippen molar-refractivity contribution in [2.75, 3.05) is 0 Å². The molecule has 0 aliphatic heterocycles. The number of rotatable bonds is 9. The van der Waals surface area contributed by atoms with E-state index in [0.717, 1.165) is 18.2 Å². The number of nitro groups is 2. The molecule has 0 spiro atoms. The van der Waals surface area contributed by atoms with Gasteiger partial charge in [0.2, 0.25) is 5.75 Å². The number of hydrogen-bond acceptors (Lipinski definition) is 11. The third-order valence-electron chi connectivity index (χ3n) is 7.30. The van der Waals surface area contributed by atoms with E-state index in [2.05, 4.69) is 19.9 Å².